The Hall–Kier alpha value is -3.45. The van der Waals surface area contributed by atoms with E-state index in [1.165, 1.54) is 22.2 Å². The fraction of sp³-hybridized carbons (Fsp3) is 0.208. The molecule has 2 aromatic carbocycles. The quantitative estimate of drug-likeness (QED) is 0.308. The lowest BCUT2D eigenvalue weighted by atomic mass is 10.1. The molecule has 0 N–H and O–H groups in total. The Morgan fingerprint density at radius 3 is 2.58 bits per heavy atom. The van der Waals surface area contributed by atoms with Crippen molar-refractivity contribution in [3.05, 3.63) is 76.2 Å². The fourth-order valence-electron chi connectivity index (χ4n) is 3.27. The number of rotatable bonds is 7. The van der Waals surface area contributed by atoms with Crippen molar-refractivity contribution in [1.29, 1.82) is 0 Å². The van der Waals surface area contributed by atoms with E-state index >= 15 is 0 Å². The second-order valence-electron chi connectivity index (χ2n) is 7.04. The number of hydrogen-bond acceptors (Lipinski definition) is 6. The van der Waals surface area contributed by atoms with Crippen LogP contribution in [0.2, 0.25) is 0 Å². The smallest absolute Gasteiger partial charge is 0.313 e. The zero-order valence-electron chi connectivity index (χ0n) is 17.3. The van der Waals surface area contributed by atoms with E-state index in [1.54, 1.807) is 18.2 Å². The molecule has 0 saturated heterocycles. The molecule has 0 aliphatic rings. The number of para-hydroxylation sites is 2. The molecule has 0 unspecified atom stereocenters. The number of nitrogens with zero attached hydrogens (tertiary/aromatic N) is 2. The van der Waals surface area contributed by atoms with Crippen LogP contribution in [0.4, 0.5) is 0 Å². The molecule has 31 heavy (non-hydrogen) atoms. The van der Waals surface area contributed by atoms with Crippen molar-refractivity contribution in [2.75, 3.05) is 6.61 Å². The molecule has 0 aliphatic carbocycles. The van der Waals surface area contributed by atoms with Crippen molar-refractivity contribution in [1.82, 2.24) is 9.55 Å². The number of ether oxygens (including phenoxy) is 2. The number of aromatic nitrogens is 2. The molecule has 7 heteroatoms. The number of esters is 1. The molecule has 4 rings (SSSR count). The predicted molar refractivity (Wildman–Crippen MR) is 122 cm³/mol. The standard InChI is InChI=1S/C24H22N2O4S/c1-3-29-19-6-4-5-7-20(19)30-21(27)12-13-26-15-25-23-22(24(26)28)18(14-31-23)17-10-8-16(2)9-11-17/h4-11,14-15H,3,12-13H2,1-2H3. The van der Waals surface area contributed by atoms with Gasteiger partial charge in [0.1, 0.15) is 4.83 Å². The minimum Gasteiger partial charge on any atom is -0.490 e. The van der Waals surface area contributed by atoms with Gasteiger partial charge in [0, 0.05) is 17.5 Å². The summed E-state index contributed by atoms with van der Waals surface area (Å²) in [6, 6.07) is 15.1. The zero-order valence-corrected chi connectivity index (χ0v) is 18.1. The Labute approximate surface area is 183 Å². The molecule has 0 aliphatic heterocycles. The molecule has 0 saturated carbocycles. The van der Waals surface area contributed by atoms with E-state index in [2.05, 4.69) is 4.98 Å². The lowest BCUT2D eigenvalue weighted by Crippen LogP contribution is -2.23. The first-order valence-electron chi connectivity index (χ1n) is 10.0. The Bertz CT molecular complexity index is 1270. The number of benzene rings is 2. The third-order valence-electron chi connectivity index (χ3n) is 4.85. The van der Waals surface area contributed by atoms with Crippen molar-refractivity contribution < 1.29 is 14.3 Å². The fourth-order valence-corrected chi connectivity index (χ4v) is 4.17. The number of thiophene rings is 1. The maximum Gasteiger partial charge on any atom is 0.313 e. The number of hydrogen-bond donors (Lipinski definition) is 0. The maximum atomic E-state index is 13.1. The van der Waals surface area contributed by atoms with Gasteiger partial charge < -0.3 is 9.47 Å². The molecule has 0 bridgehead atoms. The Morgan fingerprint density at radius 2 is 1.84 bits per heavy atom. The second-order valence-corrected chi connectivity index (χ2v) is 7.90. The van der Waals surface area contributed by atoms with E-state index in [0.717, 1.165) is 16.7 Å². The van der Waals surface area contributed by atoms with Gasteiger partial charge in [0.05, 0.1) is 24.7 Å². The summed E-state index contributed by atoms with van der Waals surface area (Å²) in [4.78, 5) is 30.6. The zero-order chi connectivity index (χ0) is 21.8. The normalized spacial score (nSPS) is 10.9. The Kier molecular flexibility index (Phi) is 6.13. The van der Waals surface area contributed by atoms with Crippen molar-refractivity contribution >= 4 is 27.5 Å². The lowest BCUT2D eigenvalue weighted by molar-refractivity contribution is -0.134. The first kappa shape index (κ1) is 20.8. The lowest BCUT2D eigenvalue weighted by Gasteiger charge is -2.10. The van der Waals surface area contributed by atoms with E-state index in [9.17, 15) is 9.59 Å². The molecule has 0 atom stereocenters. The van der Waals surface area contributed by atoms with Crippen LogP contribution in [-0.4, -0.2) is 22.1 Å². The summed E-state index contributed by atoms with van der Waals surface area (Å²) < 4.78 is 12.4. The van der Waals surface area contributed by atoms with E-state index in [0.29, 0.717) is 28.3 Å². The molecule has 2 heterocycles. The molecular formula is C24H22N2O4S. The van der Waals surface area contributed by atoms with Crippen LogP contribution >= 0.6 is 11.3 Å². The van der Waals surface area contributed by atoms with E-state index in [-0.39, 0.29) is 18.5 Å². The monoisotopic (exact) mass is 434 g/mol. The number of fused-ring (bicyclic) bond motifs is 1. The highest BCUT2D eigenvalue weighted by molar-refractivity contribution is 7.17. The van der Waals surface area contributed by atoms with E-state index < -0.39 is 5.97 Å². The van der Waals surface area contributed by atoms with E-state index in [4.69, 9.17) is 9.47 Å². The van der Waals surface area contributed by atoms with Gasteiger partial charge in [-0.25, -0.2) is 4.98 Å². The summed E-state index contributed by atoms with van der Waals surface area (Å²) >= 11 is 1.44. The Balaban J connectivity index is 1.53. The molecular weight excluding hydrogens is 412 g/mol. The highest BCUT2D eigenvalue weighted by atomic mass is 32.1. The number of aryl methyl sites for hydroxylation is 2. The molecule has 0 fully saturated rings. The maximum absolute atomic E-state index is 13.1. The van der Waals surface area contributed by atoms with Crippen LogP contribution in [0, 0.1) is 6.92 Å². The van der Waals surface area contributed by atoms with Gasteiger partial charge in [0.25, 0.3) is 5.56 Å². The minimum atomic E-state index is -0.441. The van der Waals surface area contributed by atoms with Gasteiger partial charge in [0.2, 0.25) is 0 Å². The molecule has 6 nitrogen and oxygen atoms in total. The number of carbonyl (C=O) groups is 1. The number of carbonyl (C=O) groups excluding carboxylic acids is 1. The highest BCUT2D eigenvalue weighted by Gasteiger charge is 2.15. The SMILES string of the molecule is CCOc1ccccc1OC(=O)CCn1cnc2scc(-c3ccc(C)cc3)c2c1=O. The van der Waals surface area contributed by atoms with Crippen LogP contribution in [0.5, 0.6) is 11.5 Å². The predicted octanol–water partition coefficient (Wildman–Crippen LogP) is 4.83. The van der Waals surface area contributed by atoms with E-state index in [1.807, 2.05) is 49.6 Å². The third-order valence-corrected chi connectivity index (χ3v) is 5.74. The van der Waals surface area contributed by atoms with Gasteiger partial charge in [-0.15, -0.1) is 11.3 Å². The average Bonchev–Trinajstić information content (AvgIpc) is 3.20. The van der Waals surface area contributed by atoms with Crippen molar-refractivity contribution in [3.63, 3.8) is 0 Å². The molecule has 4 aromatic rings. The largest absolute Gasteiger partial charge is 0.490 e. The van der Waals surface area contributed by atoms with Gasteiger partial charge in [-0.05, 0) is 31.5 Å². The van der Waals surface area contributed by atoms with Gasteiger partial charge in [-0.1, -0.05) is 42.0 Å². The topological polar surface area (TPSA) is 70.4 Å². The van der Waals surface area contributed by atoms with Crippen molar-refractivity contribution in [2.24, 2.45) is 0 Å². The van der Waals surface area contributed by atoms with Crippen LogP contribution in [0.15, 0.2) is 65.0 Å². The van der Waals surface area contributed by atoms with Crippen LogP contribution in [0.3, 0.4) is 0 Å². The van der Waals surface area contributed by atoms with Crippen LogP contribution in [0.25, 0.3) is 21.3 Å². The molecule has 0 spiro atoms. The second kappa shape index (κ2) is 9.14. The minimum absolute atomic E-state index is 0.0392. The van der Waals surface area contributed by atoms with Gasteiger partial charge in [-0.3, -0.25) is 14.2 Å². The average molecular weight is 435 g/mol. The summed E-state index contributed by atoms with van der Waals surface area (Å²) in [5, 5.41) is 2.53. The summed E-state index contributed by atoms with van der Waals surface area (Å²) in [6.45, 7) is 4.54. The molecule has 0 radical (unpaired) electrons. The highest BCUT2D eigenvalue weighted by Crippen LogP contribution is 2.31. The van der Waals surface area contributed by atoms with Crippen LogP contribution < -0.4 is 15.0 Å². The third kappa shape index (κ3) is 4.51. The van der Waals surface area contributed by atoms with Gasteiger partial charge in [-0.2, -0.15) is 0 Å². The molecule has 2 aromatic heterocycles. The van der Waals surface area contributed by atoms with Crippen molar-refractivity contribution in [3.8, 4) is 22.6 Å². The summed E-state index contributed by atoms with van der Waals surface area (Å²) in [7, 11) is 0. The van der Waals surface area contributed by atoms with Gasteiger partial charge in [0.15, 0.2) is 11.5 Å². The summed E-state index contributed by atoms with van der Waals surface area (Å²) in [6.07, 6.45) is 1.53. The summed E-state index contributed by atoms with van der Waals surface area (Å²) in [5.41, 5.74) is 2.83. The first-order chi connectivity index (χ1) is 15.1. The summed E-state index contributed by atoms with van der Waals surface area (Å²) in [5.74, 6) is 0.442. The Morgan fingerprint density at radius 1 is 1.10 bits per heavy atom. The van der Waals surface area contributed by atoms with Crippen LogP contribution in [0.1, 0.15) is 18.9 Å². The van der Waals surface area contributed by atoms with Gasteiger partial charge >= 0.3 is 5.97 Å². The first-order valence-corrected chi connectivity index (χ1v) is 10.9. The van der Waals surface area contributed by atoms with Crippen LogP contribution in [-0.2, 0) is 11.3 Å². The molecule has 158 valence electrons. The van der Waals surface area contributed by atoms with Crippen molar-refractivity contribution in [2.45, 2.75) is 26.8 Å². The molecule has 0 amide bonds.